The van der Waals surface area contributed by atoms with E-state index in [-0.39, 0.29) is 53.9 Å². The Kier molecular flexibility index (Phi) is 12.7. The number of nitrogens with zero attached hydrogens (tertiary/aromatic N) is 4. The molecule has 4 rings (SSSR count). The lowest BCUT2D eigenvalue weighted by Crippen LogP contribution is -2.61. The minimum Gasteiger partial charge on any atom is -0.347 e. The highest BCUT2D eigenvalue weighted by Gasteiger charge is 2.52. The molecule has 6 atom stereocenters. The smallest absolute Gasteiger partial charge is 0.289 e. The van der Waals surface area contributed by atoms with Crippen molar-refractivity contribution in [3.8, 4) is 0 Å². The minimum absolute atomic E-state index is 0.0234. The van der Waals surface area contributed by atoms with Crippen LogP contribution < -0.4 is 16.0 Å². The molecule has 0 aromatic carbocycles. The quantitative estimate of drug-likeness (QED) is 0.142. The first-order chi connectivity index (χ1) is 22.8. The van der Waals surface area contributed by atoms with Gasteiger partial charge in [-0.05, 0) is 62.2 Å². The van der Waals surface area contributed by atoms with Gasteiger partial charge in [-0.15, -0.1) is 10.2 Å². The van der Waals surface area contributed by atoms with Crippen molar-refractivity contribution in [1.29, 1.82) is 0 Å². The van der Waals surface area contributed by atoms with Crippen LogP contribution in [-0.4, -0.2) is 104 Å². The van der Waals surface area contributed by atoms with Gasteiger partial charge in [0.2, 0.25) is 29.4 Å². The lowest BCUT2D eigenvalue weighted by atomic mass is 9.91. The summed E-state index contributed by atoms with van der Waals surface area (Å²) in [5, 5.41) is 16.2. The third-order valence-electron chi connectivity index (χ3n) is 9.98. The van der Waals surface area contributed by atoms with Gasteiger partial charge in [-0.1, -0.05) is 48.0 Å². The number of amides is 5. The maximum Gasteiger partial charge on any atom is 0.289 e. The van der Waals surface area contributed by atoms with Gasteiger partial charge in [0.05, 0.1) is 0 Å². The summed E-state index contributed by atoms with van der Waals surface area (Å²) in [6, 6.07) is -3.44. The van der Waals surface area contributed by atoms with Gasteiger partial charge in [0.15, 0.2) is 0 Å². The van der Waals surface area contributed by atoms with Gasteiger partial charge in [0.25, 0.3) is 5.91 Å². The molecule has 2 saturated heterocycles. The molecule has 3 aliphatic rings. The van der Waals surface area contributed by atoms with Crippen molar-refractivity contribution < 1.29 is 28.8 Å². The van der Waals surface area contributed by atoms with E-state index in [0.29, 0.717) is 45.2 Å². The molecule has 2 aliphatic heterocycles. The number of carbonyl (C=O) groups is 6. The van der Waals surface area contributed by atoms with Crippen molar-refractivity contribution in [2.24, 2.45) is 23.7 Å². The molecule has 14 heteroatoms. The Morgan fingerprint density at radius 3 is 2.31 bits per heavy atom. The Labute approximate surface area is 283 Å². The zero-order valence-corrected chi connectivity index (χ0v) is 29.3. The predicted molar refractivity (Wildman–Crippen MR) is 177 cm³/mol. The molecule has 266 valence electrons. The van der Waals surface area contributed by atoms with E-state index in [9.17, 15) is 28.8 Å². The fourth-order valence-corrected chi connectivity index (χ4v) is 6.89. The topological polar surface area (TPSA) is 187 Å². The van der Waals surface area contributed by atoms with Gasteiger partial charge < -0.3 is 30.7 Å². The number of aryl methyl sites for hydroxylation is 1. The number of hydrogen-bond donors (Lipinski definition) is 4. The van der Waals surface area contributed by atoms with Gasteiger partial charge >= 0.3 is 0 Å². The van der Waals surface area contributed by atoms with E-state index in [4.69, 9.17) is 0 Å². The summed E-state index contributed by atoms with van der Waals surface area (Å²) in [4.78, 5) is 87.0. The summed E-state index contributed by atoms with van der Waals surface area (Å²) in [7, 11) is 0. The molecular formula is C34H54N8O6. The number of rotatable bonds is 17. The van der Waals surface area contributed by atoms with Crippen LogP contribution in [0.25, 0.3) is 0 Å². The number of H-pyrrole nitrogens is 1. The van der Waals surface area contributed by atoms with Gasteiger partial charge in [0.1, 0.15) is 36.3 Å². The van der Waals surface area contributed by atoms with Crippen LogP contribution in [0.15, 0.2) is 6.33 Å². The maximum absolute atomic E-state index is 14.2. The highest BCUT2D eigenvalue weighted by Crippen LogP contribution is 2.38. The number of aromatic amines is 1. The lowest BCUT2D eigenvalue weighted by Gasteiger charge is -2.37. The van der Waals surface area contributed by atoms with E-state index >= 15 is 0 Å². The molecule has 1 aromatic heterocycles. The number of aromatic nitrogens is 3. The van der Waals surface area contributed by atoms with Crippen molar-refractivity contribution in [3.05, 3.63) is 12.2 Å². The molecule has 14 nitrogen and oxygen atoms in total. The highest BCUT2D eigenvalue weighted by molar-refractivity contribution is 6.38. The van der Waals surface area contributed by atoms with Crippen molar-refractivity contribution in [1.82, 2.24) is 40.9 Å². The molecule has 0 radical (unpaired) electrons. The molecule has 5 amide bonds. The molecule has 1 aliphatic carbocycles. The molecule has 0 spiro atoms. The fourth-order valence-electron chi connectivity index (χ4n) is 6.89. The first kappa shape index (κ1) is 37.0. The average molecular weight is 671 g/mol. The number of hydrogen-bond acceptors (Lipinski definition) is 8. The third-order valence-corrected chi connectivity index (χ3v) is 9.98. The van der Waals surface area contributed by atoms with Gasteiger partial charge in [-0.2, -0.15) is 0 Å². The number of nitrogens with one attached hydrogen (secondary N) is 4. The number of likely N-dealkylation sites (tertiary alicyclic amines) is 2. The molecule has 2 bridgehead atoms. The molecule has 3 fully saturated rings. The maximum atomic E-state index is 14.2. The summed E-state index contributed by atoms with van der Waals surface area (Å²) < 4.78 is 0. The summed E-state index contributed by atoms with van der Waals surface area (Å²) >= 11 is 0. The Balaban J connectivity index is 1.43. The van der Waals surface area contributed by atoms with E-state index in [1.165, 1.54) is 11.2 Å². The number of Topliss-reactive ketones (excluding diaryl/α,β-unsaturated/α-hetero) is 1. The summed E-state index contributed by atoms with van der Waals surface area (Å²) in [6.07, 6.45) is 7.04. The van der Waals surface area contributed by atoms with E-state index in [2.05, 4.69) is 31.1 Å². The van der Waals surface area contributed by atoms with Crippen LogP contribution in [0.2, 0.25) is 0 Å². The monoisotopic (exact) mass is 670 g/mol. The SMILES string of the molecule is CCCC(C(=O)C(=O)NC1CC1)N1CC[C@H]2CN(C(=O)[C@@H](NC(=O)[C@H](NC(=O)CCCCc3nnc[nH]3)C(C)C)C(C)C)[C@H](C1=O)[C@H]2C. The standard InChI is InChI=1S/C34H54N8O6/c1-7-10-24(30(44)32(46)37-23-13-14-23)41-16-15-22-17-42(29(21(22)6)34(41)48)33(47)28(20(4)5)39-31(45)27(19(2)3)38-26(43)12-9-8-11-25-35-18-36-40-25/h18-24,27-29H,7-17H2,1-6H3,(H,37,46)(H,38,43)(H,39,45)(H,35,36,40)/t21-,22-,24?,27+,28-,29-/m0/s1. The van der Waals surface area contributed by atoms with Crippen LogP contribution >= 0.6 is 0 Å². The zero-order chi connectivity index (χ0) is 35.1. The highest BCUT2D eigenvalue weighted by atomic mass is 16.2. The van der Waals surface area contributed by atoms with Crippen molar-refractivity contribution in [3.63, 3.8) is 0 Å². The molecule has 1 aromatic rings. The van der Waals surface area contributed by atoms with Gasteiger partial charge in [-0.3, -0.25) is 28.8 Å². The Morgan fingerprint density at radius 2 is 1.71 bits per heavy atom. The van der Waals surface area contributed by atoms with Crippen molar-refractivity contribution in [2.75, 3.05) is 13.1 Å². The molecule has 3 heterocycles. The van der Waals surface area contributed by atoms with Gasteiger partial charge in [0, 0.05) is 32.0 Å². The normalized spacial score (nSPS) is 22.7. The van der Waals surface area contributed by atoms with Crippen LogP contribution in [0.4, 0.5) is 0 Å². The molecule has 1 saturated carbocycles. The second-order valence-corrected chi connectivity index (χ2v) is 14.5. The van der Waals surface area contributed by atoms with Crippen LogP contribution in [0.5, 0.6) is 0 Å². The van der Waals surface area contributed by atoms with Crippen LogP contribution in [0, 0.1) is 23.7 Å². The summed E-state index contributed by atoms with van der Waals surface area (Å²) in [5.41, 5.74) is 0. The Bertz CT molecular complexity index is 1310. The van der Waals surface area contributed by atoms with E-state index < -0.39 is 41.8 Å². The summed E-state index contributed by atoms with van der Waals surface area (Å²) in [5.74, 6) is -2.56. The predicted octanol–water partition coefficient (Wildman–Crippen LogP) is 1.51. The van der Waals surface area contributed by atoms with Crippen molar-refractivity contribution in [2.45, 2.75) is 130 Å². The van der Waals surface area contributed by atoms with Crippen LogP contribution in [0.1, 0.15) is 98.7 Å². The van der Waals surface area contributed by atoms with E-state index in [1.54, 1.807) is 4.90 Å². The molecular weight excluding hydrogens is 616 g/mol. The minimum atomic E-state index is -0.927. The molecule has 4 N–H and O–H groups in total. The Morgan fingerprint density at radius 1 is 1.00 bits per heavy atom. The average Bonchev–Trinajstić information content (AvgIpc) is 3.60. The second kappa shape index (κ2) is 16.5. The van der Waals surface area contributed by atoms with E-state index in [1.807, 2.05) is 41.5 Å². The third kappa shape index (κ3) is 8.98. The number of unbranched alkanes of at least 4 members (excludes halogenated alkanes) is 1. The number of ketones is 1. The fraction of sp³-hybridized carbons (Fsp3) is 0.765. The van der Waals surface area contributed by atoms with E-state index in [0.717, 1.165) is 25.1 Å². The molecule has 1 unspecified atom stereocenters. The van der Waals surface area contributed by atoms with Gasteiger partial charge in [-0.25, -0.2) is 0 Å². The first-order valence-corrected chi connectivity index (χ1v) is 17.7. The number of carbonyl (C=O) groups excluding carboxylic acids is 6. The number of fused-ring (bicyclic) bond motifs is 2. The van der Waals surface area contributed by atoms with Crippen LogP contribution in [0.3, 0.4) is 0 Å². The van der Waals surface area contributed by atoms with Crippen LogP contribution in [-0.2, 0) is 35.2 Å². The second-order valence-electron chi connectivity index (χ2n) is 14.5. The lowest BCUT2D eigenvalue weighted by molar-refractivity contribution is -0.152. The summed E-state index contributed by atoms with van der Waals surface area (Å²) in [6.45, 7) is 11.9. The molecule has 48 heavy (non-hydrogen) atoms. The first-order valence-electron chi connectivity index (χ1n) is 17.7. The largest absolute Gasteiger partial charge is 0.347 e. The van der Waals surface area contributed by atoms with Crippen molar-refractivity contribution >= 4 is 35.3 Å². The Hall–Kier alpha value is -3.84. The zero-order valence-electron chi connectivity index (χ0n) is 29.3.